The molecule has 0 spiro atoms. The van der Waals surface area contributed by atoms with Gasteiger partial charge in [0.15, 0.2) is 0 Å². The molecule has 3 aromatic rings. The number of nitrogens with zero attached hydrogens (tertiary/aromatic N) is 1. The number of benzene rings is 1. The molecule has 2 heterocycles. The first-order valence-corrected chi connectivity index (χ1v) is 9.74. The highest BCUT2D eigenvalue weighted by Gasteiger charge is 2.14. The highest BCUT2D eigenvalue weighted by Crippen LogP contribution is 2.39. The fraction of sp³-hybridized carbons (Fsp3) is 0.0833. The SMILES string of the molecule is C=Cc1c(C(=C)C(=C)C=CC)sc2ccc(NC(=O)Cc3cccnc3)cc12. The van der Waals surface area contributed by atoms with Crippen molar-refractivity contribution in [2.45, 2.75) is 13.3 Å². The summed E-state index contributed by atoms with van der Waals surface area (Å²) in [5.74, 6) is -0.0752. The third kappa shape index (κ3) is 4.18. The number of rotatable bonds is 7. The zero-order valence-electron chi connectivity index (χ0n) is 15.9. The Balaban J connectivity index is 1.88. The van der Waals surface area contributed by atoms with E-state index in [0.29, 0.717) is 0 Å². The Bertz CT molecular complexity index is 1090. The van der Waals surface area contributed by atoms with E-state index in [9.17, 15) is 4.79 Å². The molecule has 0 aliphatic rings. The normalized spacial score (nSPS) is 10.9. The van der Waals surface area contributed by atoms with Crippen molar-refractivity contribution in [2.24, 2.45) is 0 Å². The fourth-order valence-corrected chi connectivity index (χ4v) is 4.15. The van der Waals surface area contributed by atoms with Crippen molar-refractivity contribution < 1.29 is 4.79 Å². The number of hydrogen-bond donors (Lipinski definition) is 1. The Morgan fingerprint density at radius 1 is 1.29 bits per heavy atom. The minimum absolute atomic E-state index is 0.0752. The molecule has 140 valence electrons. The highest BCUT2D eigenvalue weighted by molar-refractivity contribution is 7.20. The molecule has 3 rings (SSSR count). The van der Waals surface area contributed by atoms with Crippen LogP contribution in [0.5, 0.6) is 0 Å². The molecule has 0 radical (unpaired) electrons. The lowest BCUT2D eigenvalue weighted by Gasteiger charge is -2.06. The van der Waals surface area contributed by atoms with Crippen LogP contribution in [0.4, 0.5) is 5.69 Å². The van der Waals surface area contributed by atoms with E-state index in [1.807, 2.05) is 55.5 Å². The van der Waals surface area contributed by atoms with Crippen LogP contribution in [0, 0.1) is 0 Å². The first-order chi connectivity index (χ1) is 13.5. The maximum absolute atomic E-state index is 12.4. The second-order valence-electron chi connectivity index (χ2n) is 6.35. The Hall–Kier alpha value is -3.24. The molecule has 2 aromatic heterocycles. The summed E-state index contributed by atoms with van der Waals surface area (Å²) in [5, 5.41) is 4.01. The second kappa shape index (κ2) is 8.63. The topological polar surface area (TPSA) is 42.0 Å². The summed E-state index contributed by atoms with van der Waals surface area (Å²) in [4.78, 5) is 17.5. The van der Waals surface area contributed by atoms with Crippen LogP contribution in [-0.2, 0) is 11.2 Å². The lowest BCUT2D eigenvalue weighted by molar-refractivity contribution is -0.115. The molecule has 0 unspecified atom stereocenters. The van der Waals surface area contributed by atoms with E-state index < -0.39 is 0 Å². The lowest BCUT2D eigenvalue weighted by atomic mass is 10.0. The summed E-state index contributed by atoms with van der Waals surface area (Å²) in [6.45, 7) is 14.2. The number of amides is 1. The molecule has 0 atom stereocenters. The van der Waals surface area contributed by atoms with E-state index >= 15 is 0 Å². The van der Waals surface area contributed by atoms with Gasteiger partial charge in [-0.2, -0.15) is 0 Å². The summed E-state index contributed by atoms with van der Waals surface area (Å²) in [6, 6.07) is 9.63. The van der Waals surface area contributed by atoms with Crippen LogP contribution < -0.4 is 5.32 Å². The number of hydrogen-bond acceptors (Lipinski definition) is 3. The van der Waals surface area contributed by atoms with E-state index in [1.165, 1.54) is 0 Å². The average Bonchev–Trinajstić information content (AvgIpc) is 3.06. The van der Waals surface area contributed by atoms with Crippen LogP contribution in [0.3, 0.4) is 0 Å². The highest BCUT2D eigenvalue weighted by atomic mass is 32.1. The molecular formula is C24H22N2OS. The average molecular weight is 387 g/mol. The van der Waals surface area contributed by atoms with E-state index in [-0.39, 0.29) is 12.3 Å². The number of carbonyl (C=O) groups is 1. The second-order valence-corrected chi connectivity index (χ2v) is 7.40. The van der Waals surface area contributed by atoms with Crippen molar-refractivity contribution in [3.8, 4) is 0 Å². The van der Waals surface area contributed by atoms with Gasteiger partial charge in [-0.25, -0.2) is 0 Å². The van der Waals surface area contributed by atoms with Crippen LogP contribution in [0.25, 0.3) is 21.7 Å². The summed E-state index contributed by atoms with van der Waals surface area (Å²) >= 11 is 1.65. The first kappa shape index (κ1) is 19.5. The van der Waals surface area contributed by atoms with Crippen LogP contribution in [0.15, 0.2) is 80.2 Å². The van der Waals surface area contributed by atoms with Gasteiger partial charge in [-0.1, -0.05) is 44.0 Å². The van der Waals surface area contributed by atoms with Gasteiger partial charge in [0.25, 0.3) is 0 Å². The van der Waals surface area contributed by atoms with Crippen LogP contribution in [0.1, 0.15) is 22.9 Å². The van der Waals surface area contributed by atoms with Crippen molar-refractivity contribution in [3.63, 3.8) is 0 Å². The largest absolute Gasteiger partial charge is 0.326 e. The summed E-state index contributed by atoms with van der Waals surface area (Å²) in [5.41, 5.74) is 4.41. The van der Waals surface area contributed by atoms with Crippen molar-refractivity contribution in [2.75, 3.05) is 5.32 Å². The molecule has 0 fully saturated rings. The van der Waals surface area contributed by atoms with E-state index in [1.54, 1.807) is 23.7 Å². The van der Waals surface area contributed by atoms with E-state index in [4.69, 9.17) is 0 Å². The summed E-state index contributed by atoms with van der Waals surface area (Å²) in [7, 11) is 0. The summed E-state index contributed by atoms with van der Waals surface area (Å²) in [6.07, 6.45) is 9.42. The maximum Gasteiger partial charge on any atom is 0.228 e. The number of anilines is 1. The van der Waals surface area contributed by atoms with Gasteiger partial charge in [0.2, 0.25) is 5.91 Å². The van der Waals surface area contributed by atoms with Gasteiger partial charge in [0.1, 0.15) is 0 Å². The fourth-order valence-electron chi connectivity index (χ4n) is 2.96. The number of allylic oxidation sites excluding steroid dienone is 4. The Morgan fingerprint density at radius 3 is 2.79 bits per heavy atom. The maximum atomic E-state index is 12.4. The predicted molar refractivity (Wildman–Crippen MR) is 121 cm³/mol. The van der Waals surface area contributed by atoms with Gasteiger partial charge in [0, 0.05) is 38.6 Å². The first-order valence-electron chi connectivity index (χ1n) is 8.92. The predicted octanol–water partition coefficient (Wildman–Crippen LogP) is 6.27. The molecule has 1 aromatic carbocycles. The zero-order chi connectivity index (χ0) is 20.1. The number of thiophene rings is 1. The number of nitrogens with one attached hydrogen (secondary N) is 1. The Kier molecular flexibility index (Phi) is 6.02. The van der Waals surface area contributed by atoms with Gasteiger partial charge in [-0.15, -0.1) is 11.3 Å². The molecule has 0 aliphatic carbocycles. The molecular weight excluding hydrogens is 364 g/mol. The zero-order valence-corrected chi connectivity index (χ0v) is 16.7. The standard InChI is InChI=1S/C24H22N2OS/c1-5-8-16(3)17(4)24-20(6-2)21-14-19(10-11-22(21)28-24)26-23(27)13-18-9-7-12-25-15-18/h5-12,14-15H,2-4,13H2,1H3,(H,26,27). The third-order valence-electron chi connectivity index (χ3n) is 4.33. The number of pyridine rings is 1. The molecule has 4 heteroatoms. The van der Waals surface area contributed by atoms with Gasteiger partial charge in [-0.05, 0) is 47.9 Å². The quantitative estimate of drug-likeness (QED) is 0.487. The molecule has 3 nitrogen and oxygen atoms in total. The minimum Gasteiger partial charge on any atom is -0.326 e. The van der Waals surface area contributed by atoms with Gasteiger partial charge < -0.3 is 5.32 Å². The lowest BCUT2D eigenvalue weighted by Crippen LogP contribution is -2.14. The van der Waals surface area contributed by atoms with Crippen LogP contribution in [0.2, 0.25) is 0 Å². The van der Waals surface area contributed by atoms with Crippen molar-refractivity contribution >= 4 is 44.7 Å². The number of fused-ring (bicyclic) bond motifs is 1. The van der Waals surface area contributed by atoms with Gasteiger partial charge in [-0.3, -0.25) is 9.78 Å². The molecule has 1 amide bonds. The molecule has 0 saturated carbocycles. The van der Waals surface area contributed by atoms with Crippen LogP contribution in [-0.4, -0.2) is 10.9 Å². The van der Waals surface area contributed by atoms with Gasteiger partial charge in [0.05, 0.1) is 6.42 Å². The molecule has 0 bridgehead atoms. The molecule has 28 heavy (non-hydrogen) atoms. The smallest absolute Gasteiger partial charge is 0.228 e. The Labute approximate surface area is 169 Å². The number of carbonyl (C=O) groups excluding carboxylic acids is 1. The molecule has 1 N–H and O–H groups in total. The monoisotopic (exact) mass is 386 g/mol. The minimum atomic E-state index is -0.0752. The van der Waals surface area contributed by atoms with E-state index in [2.05, 4.69) is 30.0 Å². The van der Waals surface area contributed by atoms with Crippen molar-refractivity contribution in [1.82, 2.24) is 4.98 Å². The van der Waals surface area contributed by atoms with Crippen molar-refractivity contribution in [1.29, 1.82) is 0 Å². The molecule has 0 aliphatic heterocycles. The van der Waals surface area contributed by atoms with E-state index in [0.717, 1.165) is 42.9 Å². The third-order valence-corrected chi connectivity index (χ3v) is 5.58. The summed E-state index contributed by atoms with van der Waals surface area (Å²) < 4.78 is 1.12. The Morgan fingerprint density at radius 2 is 2.11 bits per heavy atom. The van der Waals surface area contributed by atoms with Gasteiger partial charge >= 0.3 is 0 Å². The van der Waals surface area contributed by atoms with Crippen molar-refractivity contribution in [3.05, 3.63) is 96.2 Å². The molecule has 0 saturated heterocycles. The van der Waals surface area contributed by atoms with Crippen LogP contribution >= 0.6 is 11.3 Å². The number of aromatic nitrogens is 1.